The SMILES string of the molecule is CC.CCCCOCCOCCN(C)C(=O)CC. The molecule has 0 atom stereocenters. The van der Waals surface area contributed by atoms with Crippen molar-refractivity contribution in [2.45, 2.75) is 47.0 Å². The minimum Gasteiger partial charge on any atom is -0.379 e. The highest BCUT2D eigenvalue weighted by Gasteiger charge is 2.04. The summed E-state index contributed by atoms with van der Waals surface area (Å²) < 4.78 is 10.7. The fourth-order valence-corrected chi connectivity index (χ4v) is 1.16. The van der Waals surface area contributed by atoms with E-state index >= 15 is 0 Å². The van der Waals surface area contributed by atoms with E-state index in [-0.39, 0.29) is 5.91 Å². The van der Waals surface area contributed by atoms with Gasteiger partial charge in [-0.2, -0.15) is 0 Å². The van der Waals surface area contributed by atoms with Gasteiger partial charge in [-0.3, -0.25) is 4.79 Å². The first-order valence-electron chi connectivity index (χ1n) is 7.11. The van der Waals surface area contributed by atoms with Crippen LogP contribution in [0.2, 0.25) is 0 Å². The minimum atomic E-state index is 0.155. The summed E-state index contributed by atoms with van der Waals surface area (Å²) in [6.07, 6.45) is 2.81. The Bertz CT molecular complexity index is 174. The predicted molar refractivity (Wildman–Crippen MR) is 75.8 cm³/mol. The topological polar surface area (TPSA) is 38.8 Å². The second-order valence-corrected chi connectivity index (χ2v) is 3.75. The Morgan fingerprint density at radius 1 is 1.00 bits per heavy atom. The molecule has 0 aliphatic carbocycles. The van der Waals surface area contributed by atoms with E-state index in [0.717, 1.165) is 19.4 Å². The van der Waals surface area contributed by atoms with E-state index < -0.39 is 0 Å². The Hall–Kier alpha value is -0.610. The molecule has 0 spiro atoms. The molecular formula is C14H31NO3. The number of ether oxygens (including phenoxy) is 2. The second-order valence-electron chi connectivity index (χ2n) is 3.75. The van der Waals surface area contributed by atoms with Crippen LogP contribution in [0.25, 0.3) is 0 Å². The van der Waals surface area contributed by atoms with Crippen LogP contribution in [0.3, 0.4) is 0 Å². The van der Waals surface area contributed by atoms with Crippen molar-refractivity contribution in [3.63, 3.8) is 0 Å². The maximum Gasteiger partial charge on any atom is 0.222 e. The lowest BCUT2D eigenvalue weighted by molar-refractivity contribution is -0.130. The Kier molecular flexibility index (Phi) is 18.0. The van der Waals surface area contributed by atoms with Crippen LogP contribution >= 0.6 is 0 Å². The zero-order chi connectivity index (χ0) is 14.2. The van der Waals surface area contributed by atoms with Crippen molar-refractivity contribution in [3.05, 3.63) is 0 Å². The molecule has 0 rings (SSSR count). The van der Waals surface area contributed by atoms with Gasteiger partial charge in [0.25, 0.3) is 0 Å². The van der Waals surface area contributed by atoms with Crippen LogP contribution in [0.1, 0.15) is 47.0 Å². The summed E-state index contributed by atoms with van der Waals surface area (Å²) in [5.74, 6) is 0.155. The fraction of sp³-hybridized carbons (Fsp3) is 0.929. The highest BCUT2D eigenvalue weighted by atomic mass is 16.5. The minimum absolute atomic E-state index is 0.155. The summed E-state index contributed by atoms with van der Waals surface area (Å²) in [5.41, 5.74) is 0. The highest BCUT2D eigenvalue weighted by Crippen LogP contribution is 1.90. The Labute approximate surface area is 113 Å². The molecule has 110 valence electrons. The number of likely N-dealkylation sites (N-methyl/N-ethyl adjacent to an activating group) is 1. The van der Waals surface area contributed by atoms with E-state index in [1.54, 1.807) is 11.9 Å². The highest BCUT2D eigenvalue weighted by molar-refractivity contribution is 5.75. The molecule has 0 saturated carbocycles. The summed E-state index contributed by atoms with van der Waals surface area (Å²) in [6.45, 7) is 11.3. The van der Waals surface area contributed by atoms with Crippen molar-refractivity contribution in [3.8, 4) is 0 Å². The van der Waals surface area contributed by atoms with Gasteiger partial charge in [-0.25, -0.2) is 0 Å². The molecule has 0 radical (unpaired) electrons. The molecule has 0 saturated heterocycles. The Morgan fingerprint density at radius 2 is 1.56 bits per heavy atom. The van der Waals surface area contributed by atoms with Gasteiger partial charge in [0.05, 0.1) is 19.8 Å². The lowest BCUT2D eigenvalue weighted by Crippen LogP contribution is -2.29. The van der Waals surface area contributed by atoms with Crippen molar-refractivity contribution >= 4 is 5.91 Å². The predicted octanol–water partition coefficient (Wildman–Crippen LogP) is 2.71. The largest absolute Gasteiger partial charge is 0.379 e. The molecule has 0 bridgehead atoms. The summed E-state index contributed by atoms with van der Waals surface area (Å²) in [4.78, 5) is 12.9. The van der Waals surface area contributed by atoms with Gasteiger partial charge in [0.1, 0.15) is 0 Å². The first-order valence-corrected chi connectivity index (χ1v) is 7.11. The lowest BCUT2D eigenvalue weighted by atomic mass is 10.4. The van der Waals surface area contributed by atoms with Crippen LogP contribution in [-0.2, 0) is 14.3 Å². The van der Waals surface area contributed by atoms with E-state index in [1.165, 1.54) is 0 Å². The second kappa shape index (κ2) is 16.4. The maximum absolute atomic E-state index is 11.2. The molecule has 0 fully saturated rings. The summed E-state index contributed by atoms with van der Waals surface area (Å²) in [6, 6.07) is 0. The van der Waals surface area contributed by atoms with E-state index in [4.69, 9.17) is 9.47 Å². The number of nitrogens with zero attached hydrogens (tertiary/aromatic N) is 1. The molecule has 0 aromatic carbocycles. The van der Waals surface area contributed by atoms with Crippen LogP contribution in [0.4, 0.5) is 0 Å². The molecule has 0 aliphatic heterocycles. The van der Waals surface area contributed by atoms with Crippen molar-refractivity contribution in [2.24, 2.45) is 0 Å². The third-order valence-electron chi connectivity index (χ3n) is 2.31. The number of amides is 1. The van der Waals surface area contributed by atoms with E-state index in [0.29, 0.717) is 32.8 Å². The van der Waals surface area contributed by atoms with Gasteiger partial charge in [0.15, 0.2) is 0 Å². The zero-order valence-electron chi connectivity index (χ0n) is 12.8. The Morgan fingerprint density at radius 3 is 2.06 bits per heavy atom. The quantitative estimate of drug-likeness (QED) is 0.568. The molecule has 4 nitrogen and oxygen atoms in total. The third-order valence-corrected chi connectivity index (χ3v) is 2.31. The number of rotatable bonds is 10. The van der Waals surface area contributed by atoms with Crippen LogP contribution in [0, 0.1) is 0 Å². The van der Waals surface area contributed by atoms with E-state index in [1.807, 2.05) is 20.8 Å². The molecule has 1 amide bonds. The van der Waals surface area contributed by atoms with Gasteiger partial charge in [-0.05, 0) is 6.42 Å². The summed E-state index contributed by atoms with van der Waals surface area (Å²) in [7, 11) is 1.80. The monoisotopic (exact) mass is 261 g/mol. The van der Waals surface area contributed by atoms with Gasteiger partial charge >= 0.3 is 0 Å². The molecule has 0 aromatic heterocycles. The van der Waals surface area contributed by atoms with Gasteiger partial charge in [0.2, 0.25) is 5.91 Å². The van der Waals surface area contributed by atoms with E-state index in [2.05, 4.69) is 6.92 Å². The molecule has 0 aliphatic rings. The number of carbonyl (C=O) groups excluding carboxylic acids is 1. The van der Waals surface area contributed by atoms with E-state index in [9.17, 15) is 4.79 Å². The van der Waals surface area contributed by atoms with Crippen LogP contribution in [0.5, 0.6) is 0 Å². The number of carbonyl (C=O) groups is 1. The number of hydrogen-bond donors (Lipinski definition) is 0. The lowest BCUT2D eigenvalue weighted by Gasteiger charge is -2.16. The number of hydrogen-bond acceptors (Lipinski definition) is 3. The summed E-state index contributed by atoms with van der Waals surface area (Å²) >= 11 is 0. The molecule has 0 aromatic rings. The third kappa shape index (κ3) is 13.5. The fourth-order valence-electron chi connectivity index (χ4n) is 1.16. The van der Waals surface area contributed by atoms with Crippen LogP contribution in [-0.4, -0.2) is 50.8 Å². The standard InChI is InChI=1S/C12H25NO3.C2H6/c1-4-6-8-15-10-11-16-9-7-13(3)12(14)5-2;1-2/h4-11H2,1-3H3;1-2H3. The van der Waals surface area contributed by atoms with Gasteiger partial charge in [-0.15, -0.1) is 0 Å². The van der Waals surface area contributed by atoms with Crippen molar-refractivity contribution in [1.82, 2.24) is 4.90 Å². The Balaban J connectivity index is 0. The summed E-state index contributed by atoms with van der Waals surface area (Å²) in [5, 5.41) is 0. The molecule has 0 heterocycles. The first-order chi connectivity index (χ1) is 8.72. The number of unbranched alkanes of at least 4 members (excludes halogenated alkanes) is 1. The molecular weight excluding hydrogens is 230 g/mol. The van der Waals surface area contributed by atoms with Gasteiger partial charge in [0, 0.05) is 26.6 Å². The van der Waals surface area contributed by atoms with Crippen molar-refractivity contribution in [2.75, 3.05) is 40.0 Å². The maximum atomic E-state index is 11.2. The van der Waals surface area contributed by atoms with Crippen molar-refractivity contribution in [1.29, 1.82) is 0 Å². The van der Waals surface area contributed by atoms with Crippen molar-refractivity contribution < 1.29 is 14.3 Å². The van der Waals surface area contributed by atoms with Gasteiger partial charge < -0.3 is 14.4 Å². The van der Waals surface area contributed by atoms with Gasteiger partial charge in [-0.1, -0.05) is 34.1 Å². The molecule has 0 N–H and O–H groups in total. The molecule has 18 heavy (non-hydrogen) atoms. The average Bonchev–Trinajstić information content (AvgIpc) is 2.42. The van der Waals surface area contributed by atoms with Crippen LogP contribution in [0.15, 0.2) is 0 Å². The van der Waals surface area contributed by atoms with Crippen LogP contribution < -0.4 is 0 Å². The zero-order valence-corrected chi connectivity index (χ0v) is 12.8. The molecule has 0 unspecified atom stereocenters. The molecule has 4 heteroatoms. The smallest absolute Gasteiger partial charge is 0.222 e. The average molecular weight is 261 g/mol. The first kappa shape index (κ1) is 19.7. The normalized spacial score (nSPS) is 9.61.